The van der Waals surface area contributed by atoms with E-state index < -0.39 is 0 Å². The second kappa shape index (κ2) is 10.1. The third-order valence-corrected chi connectivity index (χ3v) is 5.14. The lowest BCUT2D eigenvalue weighted by Gasteiger charge is -2.34. The third-order valence-electron chi connectivity index (χ3n) is 5.14. The fraction of sp³-hybridized carbons (Fsp3) is 0.600. The zero-order valence-electron chi connectivity index (χ0n) is 15.9. The van der Waals surface area contributed by atoms with Crippen LogP contribution in [0.5, 0.6) is 0 Å². The Morgan fingerprint density at radius 1 is 1.23 bits per heavy atom. The molecule has 1 fully saturated rings. The van der Waals surface area contributed by atoms with E-state index in [1.807, 2.05) is 11.0 Å². The van der Waals surface area contributed by atoms with E-state index in [0.29, 0.717) is 12.5 Å². The molecule has 1 atom stereocenters. The Bertz CT molecular complexity index is 634. The number of rotatable bonds is 3. The van der Waals surface area contributed by atoms with E-state index in [-0.39, 0.29) is 36.4 Å². The molecule has 0 saturated carbocycles. The van der Waals surface area contributed by atoms with Crippen molar-refractivity contribution in [2.75, 3.05) is 32.7 Å². The van der Waals surface area contributed by atoms with Gasteiger partial charge in [-0.15, -0.1) is 24.0 Å². The van der Waals surface area contributed by atoms with Gasteiger partial charge in [0.25, 0.3) is 0 Å². The first-order chi connectivity index (χ1) is 12.2. The van der Waals surface area contributed by atoms with Crippen LogP contribution in [0.25, 0.3) is 0 Å². The van der Waals surface area contributed by atoms with Gasteiger partial charge in [-0.3, -0.25) is 4.79 Å². The number of guanidine groups is 1. The number of carbonyl (C=O) groups excluding carboxylic acids is 1. The summed E-state index contributed by atoms with van der Waals surface area (Å²) in [6.45, 7) is 8.98. The summed E-state index contributed by atoms with van der Waals surface area (Å²) in [5.74, 6) is 1.70. The van der Waals surface area contributed by atoms with Gasteiger partial charge in [0.05, 0.1) is 0 Å². The fourth-order valence-corrected chi connectivity index (χ4v) is 3.76. The van der Waals surface area contributed by atoms with Gasteiger partial charge in [-0.05, 0) is 43.2 Å². The van der Waals surface area contributed by atoms with Crippen LogP contribution in [0.3, 0.4) is 0 Å². The summed E-state index contributed by atoms with van der Waals surface area (Å²) in [7, 11) is 0. The van der Waals surface area contributed by atoms with E-state index in [0.717, 1.165) is 38.6 Å². The lowest BCUT2D eigenvalue weighted by atomic mass is 10.00. The number of hydrogen-bond donors (Lipinski definition) is 1. The van der Waals surface area contributed by atoms with Gasteiger partial charge in [0.2, 0.25) is 5.91 Å². The molecule has 1 aromatic rings. The predicted molar refractivity (Wildman–Crippen MR) is 117 cm³/mol. The van der Waals surface area contributed by atoms with Crippen molar-refractivity contribution in [1.82, 2.24) is 15.1 Å². The summed E-state index contributed by atoms with van der Waals surface area (Å²) in [6, 6.07) is 8.40. The van der Waals surface area contributed by atoms with Crippen LogP contribution in [0, 0.1) is 5.92 Å². The highest BCUT2D eigenvalue weighted by Gasteiger charge is 2.22. The van der Waals surface area contributed by atoms with E-state index >= 15 is 0 Å². The smallest absolute Gasteiger partial charge is 0.244 e. The van der Waals surface area contributed by atoms with Gasteiger partial charge in [-0.2, -0.15) is 0 Å². The number of carbonyl (C=O) groups is 1. The molecule has 1 aromatic carbocycles. The molecule has 3 rings (SSSR count). The zero-order valence-corrected chi connectivity index (χ0v) is 18.2. The largest absolute Gasteiger partial charge is 0.357 e. The Balaban J connectivity index is 0.00000243. The summed E-state index contributed by atoms with van der Waals surface area (Å²) in [6.07, 6.45) is 3.42. The van der Waals surface area contributed by atoms with Gasteiger partial charge in [-0.25, -0.2) is 4.99 Å². The van der Waals surface area contributed by atoms with Crippen molar-refractivity contribution in [2.45, 2.75) is 39.7 Å². The van der Waals surface area contributed by atoms with Crippen LogP contribution in [0.4, 0.5) is 0 Å². The molecule has 1 unspecified atom stereocenters. The van der Waals surface area contributed by atoms with Gasteiger partial charge >= 0.3 is 0 Å². The number of likely N-dealkylation sites (tertiary alicyclic amines) is 1. The molecule has 1 N–H and O–H groups in total. The van der Waals surface area contributed by atoms with Crippen molar-refractivity contribution in [3.63, 3.8) is 0 Å². The maximum atomic E-state index is 12.6. The van der Waals surface area contributed by atoms with Crippen LogP contribution in [-0.2, 0) is 17.8 Å². The summed E-state index contributed by atoms with van der Waals surface area (Å²) >= 11 is 0. The molecule has 6 heteroatoms. The molecule has 0 bridgehead atoms. The summed E-state index contributed by atoms with van der Waals surface area (Å²) in [5, 5.41) is 3.35. The number of halogens is 1. The first-order valence-electron chi connectivity index (χ1n) is 9.55. The molecule has 5 nitrogen and oxygen atoms in total. The Morgan fingerprint density at radius 2 is 2.00 bits per heavy atom. The van der Waals surface area contributed by atoms with Gasteiger partial charge < -0.3 is 15.1 Å². The van der Waals surface area contributed by atoms with Crippen LogP contribution >= 0.6 is 24.0 Å². The maximum Gasteiger partial charge on any atom is 0.244 e. The van der Waals surface area contributed by atoms with E-state index in [1.165, 1.54) is 24.0 Å². The average molecular weight is 470 g/mol. The van der Waals surface area contributed by atoms with E-state index in [4.69, 9.17) is 0 Å². The Kier molecular flexibility index (Phi) is 8.18. The number of benzene rings is 1. The van der Waals surface area contributed by atoms with Crippen LogP contribution in [0.15, 0.2) is 29.3 Å². The number of aliphatic imine (C=N–C) groups is 1. The maximum absolute atomic E-state index is 12.6. The van der Waals surface area contributed by atoms with Gasteiger partial charge in [0.1, 0.15) is 6.54 Å². The lowest BCUT2D eigenvalue weighted by Crippen LogP contribution is -2.47. The monoisotopic (exact) mass is 470 g/mol. The average Bonchev–Trinajstić information content (AvgIpc) is 2.64. The van der Waals surface area contributed by atoms with Crippen LogP contribution in [0.1, 0.15) is 37.8 Å². The SMILES string of the molecule is CCNC(=NCC(=O)N1CCc2ccccc2C1)N1CCCC(C)C1.I. The first-order valence-corrected chi connectivity index (χ1v) is 9.55. The molecule has 26 heavy (non-hydrogen) atoms. The number of amides is 1. The van der Waals surface area contributed by atoms with Gasteiger partial charge in [0.15, 0.2) is 5.96 Å². The minimum Gasteiger partial charge on any atom is -0.357 e. The summed E-state index contributed by atoms with van der Waals surface area (Å²) < 4.78 is 0. The Hall–Kier alpha value is -1.31. The minimum atomic E-state index is 0. The molecule has 2 aliphatic rings. The number of nitrogens with one attached hydrogen (secondary N) is 1. The molecule has 2 heterocycles. The summed E-state index contributed by atoms with van der Waals surface area (Å²) in [5.41, 5.74) is 2.63. The molecule has 2 aliphatic heterocycles. The van der Waals surface area contributed by atoms with E-state index in [2.05, 4.69) is 47.3 Å². The minimum absolute atomic E-state index is 0. The molecular weight excluding hydrogens is 439 g/mol. The van der Waals surface area contributed by atoms with Crippen molar-refractivity contribution in [1.29, 1.82) is 0 Å². The van der Waals surface area contributed by atoms with Crippen molar-refractivity contribution in [2.24, 2.45) is 10.9 Å². The Morgan fingerprint density at radius 3 is 2.73 bits per heavy atom. The zero-order chi connectivity index (χ0) is 17.6. The van der Waals surface area contributed by atoms with Crippen molar-refractivity contribution in [3.8, 4) is 0 Å². The highest BCUT2D eigenvalue weighted by Crippen LogP contribution is 2.19. The molecule has 0 aliphatic carbocycles. The molecule has 1 saturated heterocycles. The van der Waals surface area contributed by atoms with Crippen LogP contribution in [0.2, 0.25) is 0 Å². The van der Waals surface area contributed by atoms with Crippen molar-refractivity contribution < 1.29 is 4.79 Å². The third kappa shape index (κ3) is 5.34. The second-order valence-electron chi connectivity index (χ2n) is 7.20. The highest BCUT2D eigenvalue weighted by molar-refractivity contribution is 14.0. The molecule has 0 spiro atoms. The van der Waals surface area contributed by atoms with Crippen molar-refractivity contribution in [3.05, 3.63) is 35.4 Å². The number of hydrogen-bond acceptors (Lipinski definition) is 2. The summed E-state index contributed by atoms with van der Waals surface area (Å²) in [4.78, 5) is 21.5. The topological polar surface area (TPSA) is 47.9 Å². The molecule has 144 valence electrons. The second-order valence-corrected chi connectivity index (χ2v) is 7.20. The van der Waals surface area contributed by atoms with Crippen LogP contribution < -0.4 is 5.32 Å². The number of piperidine rings is 1. The van der Waals surface area contributed by atoms with Crippen LogP contribution in [-0.4, -0.2) is 54.4 Å². The number of nitrogens with zero attached hydrogens (tertiary/aromatic N) is 3. The van der Waals surface area contributed by atoms with Gasteiger partial charge in [-0.1, -0.05) is 31.2 Å². The van der Waals surface area contributed by atoms with E-state index in [9.17, 15) is 4.79 Å². The predicted octanol–water partition coefficient (Wildman–Crippen LogP) is 2.89. The molecular formula is C20H31IN4O. The quantitative estimate of drug-likeness (QED) is 0.420. The standard InChI is InChI=1S/C20H30N4O.HI/c1-3-21-20(24-11-6-7-16(2)14-24)22-13-19(25)23-12-10-17-8-4-5-9-18(17)15-23;/h4-5,8-9,16H,3,6-7,10-15H2,1-2H3,(H,21,22);1H. The van der Waals surface area contributed by atoms with E-state index in [1.54, 1.807) is 0 Å². The molecule has 0 aromatic heterocycles. The Labute approximate surface area is 174 Å². The fourth-order valence-electron chi connectivity index (χ4n) is 3.76. The first kappa shape index (κ1) is 21.0. The lowest BCUT2D eigenvalue weighted by molar-refractivity contribution is -0.130. The number of fused-ring (bicyclic) bond motifs is 1. The molecule has 1 amide bonds. The molecule has 0 radical (unpaired) electrons. The van der Waals surface area contributed by atoms with Gasteiger partial charge in [0, 0.05) is 32.7 Å². The van der Waals surface area contributed by atoms with Crippen molar-refractivity contribution >= 4 is 35.8 Å². The normalized spacial score (nSPS) is 20.2. The highest BCUT2D eigenvalue weighted by atomic mass is 127.